The lowest BCUT2D eigenvalue weighted by molar-refractivity contribution is 0.500. The van der Waals surface area contributed by atoms with Crippen LogP contribution in [0.3, 0.4) is 0 Å². The molecule has 1 aromatic heterocycles. The van der Waals surface area contributed by atoms with Gasteiger partial charge < -0.3 is 4.57 Å². The molecule has 0 aliphatic heterocycles. The predicted octanol–water partition coefficient (Wildman–Crippen LogP) is 2.71. The normalized spacial score (nSPS) is 10.9. The molecule has 0 aliphatic carbocycles. The second kappa shape index (κ2) is 4.78. The average molecular weight is 258 g/mol. The second-order valence-corrected chi connectivity index (χ2v) is 4.50. The van der Waals surface area contributed by atoms with Crippen molar-refractivity contribution >= 4 is 15.9 Å². The molecule has 0 saturated carbocycles. The van der Waals surface area contributed by atoms with E-state index >= 15 is 0 Å². The lowest BCUT2D eigenvalue weighted by atomic mass is 10.2. The van der Waals surface area contributed by atoms with Crippen molar-refractivity contribution in [2.75, 3.05) is 0 Å². The molecule has 78 valence electrons. The quantitative estimate of drug-likeness (QED) is 0.764. The zero-order chi connectivity index (χ0) is 10.7. The molecule has 0 N–H and O–H groups in total. The first-order chi connectivity index (χ1) is 6.56. The molecular weight excluding hydrogens is 242 g/mol. The molecule has 0 unspecified atom stereocenters. The van der Waals surface area contributed by atoms with Crippen molar-refractivity contribution in [1.29, 1.82) is 0 Å². The fourth-order valence-corrected chi connectivity index (χ4v) is 1.84. The van der Waals surface area contributed by atoms with Gasteiger partial charge in [-0.15, -0.1) is 0 Å². The Hall–Kier alpha value is -0.570. The van der Waals surface area contributed by atoms with E-state index in [0.717, 1.165) is 17.8 Å². The van der Waals surface area contributed by atoms with Gasteiger partial charge in [-0.1, -0.05) is 35.8 Å². The highest BCUT2D eigenvalue weighted by Gasteiger charge is 2.06. The zero-order valence-electron chi connectivity index (χ0n) is 8.88. The van der Waals surface area contributed by atoms with Crippen LogP contribution in [0.15, 0.2) is 16.9 Å². The van der Waals surface area contributed by atoms with Crippen LogP contribution in [-0.4, -0.2) is 4.57 Å². The number of aromatic nitrogens is 1. The molecule has 2 nitrogen and oxygen atoms in total. The summed E-state index contributed by atoms with van der Waals surface area (Å²) >= 11 is 3.32. The van der Waals surface area contributed by atoms with Crippen molar-refractivity contribution in [3.63, 3.8) is 0 Å². The Kier molecular flexibility index (Phi) is 3.93. The SMILES string of the molecule is Cc1ccc(CBr)c(=O)n1CC(C)C. The molecule has 14 heavy (non-hydrogen) atoms. The minimum Gasteiger partial charge on any atom is -0.312 e. The summed E-state index contributed by atoms with van der Waals surface area (Å²) in [7, 11) is 0. The number of alkyl halides is 1. The Morgan fingerprint density at radius 2 is 2.07 bits per heavy atom. The molecule has 0 fully saturated rings. The average Bonchev–Trinajstić information content (AvgIpc) is 2.12. The summed E-state index contributed by atoms with van der Waals surface area (Å²) in [5, 5.41) is 0.629. The summed E-state index contributed by atoms with van der Waals surface area (Å²) in [5.41, 5.74) is 2.00. The molecule has 0 atom stereocenters. The van der Waals surface area contributed by atoms with Crippen LogP contribution in [0.25, 0.3) is 0 Å². The number of nitrogens with zero attached hydrogens (tertiary/aromatic N) is 1. The number of rotatable bonds is 3. The van der Waals surface area contributed by atoms with E-state index in [9.17, 15) is 4.79 Å². The van der Waals surface area contributed by atoms with E-state index in [2.05, 4.69) is 29.8 Å². The van der Waals surface area contributed by atoms with Crippen molar-refractivity contribution < 1.29 is 0 Å². The van der Waals surface area contributed by atoms with E-state index in [1.165, 1.54) is 0 Å². The van der Waals surface area contributed by atoms with E-state index in [1.807, 2.05) is 23.6 Å². The Morgan fingerprint density at radius 3 is 2.57 bits per heavy atom. The highest BCUT2D eigenvalue weighted by atomic mass is 79.9. The standard InChI is InChI=1S/C11H16BrNO/c1-8(2)7-13-9(3)4-5-10(6-12)11(13)14/h4-5,8H,6-7H2,1-3H3. The van der Waals surface area contributed by atoms with Gasteiger partial charge in [0.2, 0.25) is 0 Å². The maximum atomic E-state index is 11.9. The van der Waals surface area contributed by atoms with E-state index in [0.29, 0.717) is 11.2 Å². The van der Waals surface area contributed by atoms with Crippen molar-refractivity contribution in [2.24, 2.45) is 5.92 Å². The maximum absolute atomic E-state index is 11.9. The third-order valence-electron chi connectivity index (χ3n) is 2.16. The predicted molar refractivity (Wildman–Crippen MR) is 62.9 cm³/mol. The zero-order valence-corrected chi connectivity index (χ0v) is 10.5. The molecular formula is C11H16BrNO. The van der Waals surface area contributed by atoms with Crippen molar-refractivity contribution in [2.45, 2.75) is 32.6 Å². The third-order valence-corrected chi connectivity index (χ3v) is 2.77. The van der Waals surface area contributed by atoms with Gasteiger partial charge in [-0.2, -0.15) is 0 Å². The highest BCUT2D eigenvalue weighted by Crippen LogP contribution is 2.05. The van der Waals surface area contributed by atoms with Gasteiger partial charge in [0.05, 0.1) is 0 Å². The van der Waals surface area contributed by atoms with Crippen LogP contribution in [0, 0.1) is 12.8 Å². The molecule has 0 aromatic carbocycles. The van der Waals surface area contributed by atoms with E-state index in [-0.39, 0.29) is 5.56 Å². The Balaban J connectivity index is 3.19. The first-order valence-corrected chi connectivity index (χ1v) is 5.93. The smallest absolute Gasteiger partial charge is 0.254 e. The lowest BCUT2D eigenvalue weighted by Crippen LogP contribution is -2.26. The van der Waals surface area contributed by atoms with Crippen LogP contribution in [0.5, 0.6) is 0 Å². The second-order valence-electron chi connectivity index (χ2n) is 3.94. The minimum atomic E-state index is 0.135. The monoisotopic (exact) mass is 257 g/mol. The summed E-state index contributed by atoms with van der Waals surface area (Å²) in [5.74, 6) is 0.497. The summed E-state index contributed by atoms with van der Waals surface area (Å²) in [6.45, 7) is 7.01. The van der Waals surface area contributed by atoms with E-state index in [1.54, 1.807) is 0 Å². The number of hydrogen-bond donors (Lipinski definition) is 0. The van der Waals surface area contributed by atoms with E-state index in [4.69, 9.17) is 0 Å². The number of aryl methyl sites for hydroxylation is 1. The Morgan fingerprint density at radius 1 is 1.43 bits per heavy atom. The largest absolute Gasteiger partial charge is 0.312 e. The van der Waals surface area contributed by atoms with E-state index < -0.39 is 0 Å². The molecule has 1 aromatic rings. The summed E-state index contributed by atoms with van der Waals surface area (Å²) < 4.78 is 1.85. The van der Waals surface area contributed by atoms with Gasteiger partial charge in [0, 0.05) is 23.1 Å². The van der Waals surface area contributed by atoms with Crippen LogP contribution in [0.4, 0.5) is 0 Å². The summed E-state index contributed by atoms with van der Waals surface area (Å²) in [6.07, 6.45) is 0. The molecule has 1 heterocycles. The van der Waals surface area contributed by atoms with Crippen LogP contribution in [0.2, 0.25) is 0 Å². The molecule has 0 radical (unpaired) electrons. The maximum Gasteiger partial charge on any atom is 0.254 e. The molecule has 0 aliphatic rings. The van der Waals surface area contributed by atoms with Crippen LogP contribution >= 0.6 is 15.9 Å². The van der Waals surface area contributed by atoms with Gasteiger partial charge >= 0.3 is 0 Å². The summed E-state index contributed by atoms with van der Waals surface area (Å²) in [4.78, 5) is 11.9. The fourth-order valence-electron chi connectivity index (χ4n) is 1.41. The first-order valence-electron chi connectivity index (χ1n) is 4.81. The van der Waals surface area contributed by atoms with Gasteiger partial charge in [0.25, 0.3) is 5.56 Å². The Labute approximate surface area is 93.1 Å². The third kappa shape index (κ3) is 2.47. The van der Waals surface area contributed by atoms with Gasteiger partial charge in [-0.05, 0) is 18.9 Å². The molecule has 0 spiro atoms. The van der Waals surface area contributed by atoms with Gasteiger partial charge in [-0.25, -0.2) is 0 Å². The number of halogens is 1. The van der Waals surface area contributed by atoms with Gasteiger partial charge in [0.1, 0.15) is 0 Å². The fraction of sp³-hybridized carbons (Fsp3) is 0.545. The Bertz CT molecular complexity index is 368. The van der Waals surface area contributed by atoms with Crippen LogP contribution < -0.4 is 5.56 Å². The first kappa shape index (κ1) is 11.5. The van der Waals surface area contributed by atoms with Gasteiger partial charge in [-0.3, -0.25) is 4.79 Å². The van der Waals surface area contributed by atoms with Crippen LogP contribution in [-0.2, 0) is 11.9 Å². The number of hydrogen-bond acceptors (Lipinski definition) is 1. The molecule has 0 bridgehead atoms. The number of pyridine rings is 1. The molecule has 3 heteroatoms. The lowest BCUT2D eigenvalue weighted by Gasteiger charge is -2.13. The van der Waals surface area contributed by atoms with Crippen molar-refractivity contribution in [1.82, 2.24) is 4.57 Å². The summed E-state index contributed by atoms with van der Waals surface area (Å²) in [6, 6.07) is 3.89. The molecule has 1 rings (SSSR count). The topological polar surface area (TPSA) is 22.0 Å². The van der Waals surface area contributed by atoms with Crippen molar-refractivity contribution in [3.8, 4) is 0 Å². The highest BCUT2D eigenvalue weighted by molar-refractivity contribution is 9.08. The minimum absolute atomic E-state index is 0.135. The molecule has 0 amide bonds. The van der Waals surface area contributed by atoms with Gasteiger partial charge in [0.15, 0.2) is 0 Å². The van der Waals surface area contributed by atoms with Crippen molar-refractivity contribution in [3.05, 3.63) is 33.7 Å². The molecule has 0 saturated heterocycles. The van der Waals surface area contributed by atoms with Crippen LogP contribution in [0.1, 0.15) is 25.1 Å².